The minimum atomic E-state index is -0.447. The lowest BCUT2D eigenvalue weighted by Gasteiger charge is -2.31. The molecule has 0 radical (unpaired) electrons. The Balaban J connectivity index is 0.00000162. The summed E-state index contributed by atoms with van der Waals surface area (Å²) in [5, 5.41) is 0. The van der Waals surface area contributed by atoms with Crippen LogP contribution in [0.1, 0.15) is 5.56 Å². The van der Waals surface area contributed by atoms with Crippen molar-refractivity contribution in [3.8, 4) is 0 Å². The summed E-state index contributed by atoms with van der Waals surface area (Å²) in [4.78, 5) is 13.6. The Morgan fingerprint density at radius 3 is 2.83 bits per heavy atom. The maximum Gasteiger partial charge on any atom is 0.336 e. The van der Waals surface area contributed by atoms with Crippen molar-refractivity contribution in [2.75, 3.05) is 26.8 Å². The van der Waals surface area contributed by atoms with Crippen LogP contribution >= 0.6 is 12.4 Å². The number of hydrogen-bond acceptors (Lipinski definition) is 4. The molecule has 5 heteroatoms. The predicted octanol–water partition coefficient (Wildman–Crippen LogP) is 1.48. The van der Waals surface area contributed by atoms with Crippen LogP contribution in [-0.4, -0.2) is 43.8 Å². The van der Waals surface area contributed by atoms with Crippen molar-refractivity contribution in [3.05, 3.63) is 35.9 Å². The monoisotopic (exact) mass is 271 g/mol. The summed E-state index contributed by atoms with van der Waals surface area (Å²) in [7, 11) is 1.39. The molecule has 1 aromatic rings. The van der Waals surface area contributed by atoms with Gasteiger partial charge in [0.1, 0.15) is 0 Å². The number of morpholine rings is 1. The third-order valence-corrected chi connectivity index (χ3v) is 2.86. The van der Waals surface area contributed by atoms with Gasteiger partial charge in [-0.1, -0.05) is 30.3 Å². The van der Waals surface area contributed by atoms with Crippen molar-refractivity contribution >= 4 is 18.4 Å². The van der Waals surface area contributed by atoms with Crippen molar-refractivity contribution in [2.45, 2.75) is 12.6 Å². The number of esters is 1. The summed E-state index contributed by atoms with van der Waals surface area (Å²) in [5.74, 6) is -0.289. The Hall–Kier alpha value is -1.10. The van der Waals surface area contributed by atoms with Gasteiger partial charge in [-0.05, 0) is 5.56 Å². The first-order chi connectivity index (χ1) is 8.29. The molecule has 1 atom stereocenters. The second-order valence-corrected chi connectivity index (χ2v) is 4.10. The maximum absolute atomic E-state index is 11.4. The molecule has 0 aromatic heterocycles. The van der Waals surface area contributed by atoms with E-state index < -0.39 is 6.10 Å². The Kier molecular flexibility index (Phi) is 6.12. The molecule has 0 saturated carbocycles. The molecule has 0 bridgehead atoms. The fraction of sp³-hybridized carbons (Fsp3) is 0.462. The van der Waals surface area contributed by atoms with Crippen LogP contribution in [-0.2, 0) is 20.8 Å². The molecule has 0 aliphatic carbocycles. The fourth-order valence-corrected chi connectivity index (χ4v) is 1.96. The van der Waals surface area contributed by atoms with Crippen molar-refractivity contribution in [2.24, 2.45) is 0 Å². The van der Waals surface area contributed by atoms with Crippen LogP contribution in [0.3, 0.4) is 0 Å². The van der Waals surface area contributed by atoms with E-state index in [1.807, 2.05) is 18.2 Å². The highest BCUT2D eigenvalue weighted by Crippen LogP contribution is 2.11. The lowest BCUT2D eigenvalue weighted by molar-refractivity contribution is -0.160. The molecule has 1 unspecified atom stereocenters. The predicted molar refractivity (Wildman–Crippen MR) is 70.7 cm³/mol. The van der Waals surface area contributed by atoms with E-state index in [-0.39, 0.29) is 18.4 Å². The molecular weight excluding hydrogens is 254 g/mol. The lowest BCUT2D eigenvalue weighted by atomic mass is 10.2. The van der Waals surface area contributed by atoms with E-state index >= 15 is 0 Å². The first kappa shape index (κ1) is 15.0. The highest BCUT2D eigenvalue weighted by Gasteiger charge is 2.27. The quantitative estimate of drug-likeness (QED) is 0.781. The number of benzene rings is 1. The molecule has 1 saturated heterocycles. The second kappa shape index (κ2) is 7.36. The van der Waals surface area contributed by atoms with Crippen LogP contribution < -0.4 is 0 Å². The van der Waals surface area contributed by atoms with E-state index in [0.717, 1.165) is 13.1 Å². The third-order valence-electron chi connectivity index (χ3n) is 2.86. The van der Waals surface area contributed by atoms with Crippen LogP contribution in [0.25, 0.3) is 0 Å². The van der Waals surface area contributed by atoms with E-state index in [2.05, 4.69) is 17.0 Å². The third kappa shape index (κ3) is 3.98. The molecule has 1 aliphatic rings. The molecule has 4 nitrogen and oxygen atoms in total. The number of methoxy groups -OCH3 is 1. The molecule has 0 N–H and O–H groups in total. The van der Waals surface area contributed by atoms with Gasteiger partial charge in [0.25, 0.3) is 0 Å². The summed E-state index contributed by atoms with van der Waals surface area (Å²) >= 11 is 0. The molecule has 1 heterocycles. The molecule has 0 amide bonds. The average Bonchev–Trinajstić information content (AvgIpc) is 2.39. The zero-order chi connectivity index (χ0) is 12.1. The fourth-order valence-electron chi connectivity index (χ4n) is 1.96. The summed E-state index contributed by atoms with van der Waals surface area (Å²) in [6.45, 7) is 2.87. The number of nitrogens with zero attached hydrogens (tertiary/aromatic N) is 1. The van der Waals surface area contributed by atoms with Crippen LogP contribution in [0.5, 0.6) is 0 Å². The van der Waals surface area contributed by atoms with Crippen molar-refractivity contribution in [3.63, 3.8) is 0 Å². The van der Waals surface area contributed by atoms with Gasteiger partial charge in [0.2, 0.25) is 0 Å². The summed E-state index contributed by atoms with van der Waals surface area (Å²) in [6, 6.07) is 10.2. The Morgan fingerprint density at radius 2 is 2.17 bits per heavy atom. The normalized spacial score (nSPS) is 19.9. The number of rotatable bonds is 3. The van der Waals surface area contributed by atoms with Crippen molar-refractivity contribution in [1.29, 1.82) is 0 Å². The molecule has 18 heavy (non-hydrogen) atoms. The zero-order valence-corrected chi connectivity index (χ0v) is 11.2. The zero-order valence-electron chi connectivity index (χ0n) is 10.4. The highest BCUT2D eigenvalue weighted by atomic mass is 35.5. The smallest absolute Gasteiger partial charge is 0.336 e. The molecule has 0 spiro atoms. The van der Waals surface area contributed by atoms with E-state index in [1.165, 1.54) is 12.7 Å². The van der Waals surface area contributed by atoms with Gasteiger partial charge in [0.05, 0.1) is 13.7 Å². The molecular formula is C13H18ClNO3. The number of carbonyl (C=O) groups is 1. The molecule has 1 aromatic carbocycles. The topological polar surface area (TPSA) is 38.8 Å². The first-order valence-corrected chi connectivity index (χ1v) is 5.75. The molecule has 2 rings (SSSR count). The number of hydrogen-bond donors (Lipinski definition) is 0. The van der Waals surface area contributed by atoms with Crippen molar-refractivity contribution < 1.29 is 14.3 Å². The lowest BCUT2D eigenvalue weighted by Crippen LogP contribution is -2.46. The second-order valence-electron chi connectivity index (χ2n) is 4.10. The largest absolute Gasteiger partial charge is 0.467 e. The van der Waals surface area contributed by atoms with Crippen LogP contribution in [0.4, 0.5) is 0 Å². The Bertz CT molecular complexity index is 372. The van der Waals surface area contributed by atoms with Gasteiger partial charge >= 0.3 is 5.97 Å². The van der Waals surface area contributed by atoms with E-state index in [1.54, 1.807) is 0 Å². The van der Waals surface area contributed by atoms with E-state index in [0.29, 0.717) is 13.2 Å². The Labute approximate surface area is 113 Å². The summed E-state index contributed by atoms with van der Waals surface area (Å²) in [5.41, 5.74) is 1.25. The van der Waals surface area contributed by atoms with Crippen LogP contribution in [0.2, 0.25) is 0 Å². The van der Waals surface area contributed by atoms with Gasteiger partial charge in [0.15, 0.2) is 6.10 Å². The SMILES string of the molecule is COC(=O)C1CN(Cc2ccccc2)CCO1.Cl. The minimum Gasteiger partial charge on any atom is -0.467 e. The number of carbonyl (C=O) groups excluding carboxylic acids is 1. The molecule has 100 valence electrons. The van der Waals surface area contributed by atoms with Crippen LogP contribution in [0.15, 0.2) is 30.3 Å². The first-order valence-electron chi connectivity index (χ1n) is 5.75. The molecule has 1 fully saturated rings. The maximum atomic E-state index is 11.4. The van der Waals surface area contributed by atoms with E-state index in [9.17, 15) is 4.79 Å². The average molecular weight is 272 g/mol. The number of ether oxygens (including phenoxy) is 2. The standard InChI is InChI=1S/C13H17NO3.ClH/c1-16-13(15)12-10-14(7-8-17-12)9-11-5-3-2-4-6-11;/h2-6,12H,7-10H2,1H3;1H. The van der Waals surface area contributed by atoms with Gasteiger partial charge in [0, 0.05) is 19.6 Å². The van der Waals surface area contributed by atoms with Crippen molar-refractivity contribution in [1.82, 2.24) is 4.90 Å². The van der Waals surface area contributed by atoms with Gasteiger partial charge < -0.3 is 9.47 Å². The Morgan fingerprint density at radius 1 is 1.44 bits per heavy atom. The number of halogens is 1. The van der Waals surface area contributed by atoms with Gasteiger partial charge in [-0.2, -0.15) is 0 Å². The van der Waals surface area contributed by atoms with Gasteiger partial charge in [-0.15, -0.1) is 12.4 Å². The summed E-state index contributed by atoms with van der Waals surface area (Å²) in [6.07, 6.45) is -0.447. The van der Waals surface area contributed by atoms with Gasteiger partial charge in [-0.25, -0.2) is 4.79 Å². The van der Waals surface area contributed by atoms with E-state index in [4.69, 9.17) is 9.47 Å². The summed E-state index contributed by atoms with van der Waals surface area (Å²) < 4.78 is 10.1. The van der Waals surface area contributed by atoms with Gasteiger partial charge in [-0.3, -0.25) is 4.90 Å². The van der Waals surface area contributed by atoms with Crippen LogP contribution in [0, 0.1) is 0 Å². The minimum absolute atomic E-state index is 0. The highest BCUT2D eigenvalue weighted by molar-refractivity contribution is 5.85. The molecule has 1 aliphatic heterocycles.